The lowest BCUT2D eigenvalue weighted by molar-refractivity contribution is -0.900. The van der Waals surface area contributed by atoms with Crippen molar-refractivity contribution < 1.29 is 14.8 Å². The number of anilines is 2. The van der Waals surface area contributed by atoms with Crippen molar-refractivity contribution in [3.05, 3.63) is 40.3 Å². The number of amides is 1. The zero-order valence-corrected chi connectivity index (χ0v) is 18.1. The van der Waals surface area contributed by atoms with Crippen LogP contribution in [-0.2, 0) is 17.6 Å². The number of carbonyl (C=O) groups is 1. The number of nitrogens with zero attached hydrogens (tertiary/aromatic N) is 2. The highest BCUT2D eigenvalue weighted by Gasteiger charge is 2.23. The largest absolute Gasteiger partial charge is 0.508 e. The number of hydrogen-bond acceptors (Lipinski definition) is 5. The monoisotopic (exact) mass is 425 g/mol. The van der Waals surface area contributed by atoms with Crippen LogP contribution in [0.5, 0.6) is 5.75 Å². The number of phenols is 1. The maximum absolute atomic E-state index is 12.6. The second-order valence-electron chi connectivity index (χ2n) is 8.18. The molecule has 0 saturated carbocycles. The van der Waals surface area contributed by atoms with Crippen molar-refractivity contribution in [1.29, 1.82) is 5.26 Å². The number of rotatable bonds is 5. The minimum absolute atomic E-state index is 0.0105. The third-order valence-corrected chi connectivity index (χ3v) is 7.38. The summed E-state index contributed by atoms with van der Waals surface area (Å²) in [5.41, 5.74) is 3.00. The van der Waals surface area contributed by atoms with Crippen LogP contribution in [-0.4, -0.2) is 43.7 Å². The first kappa shape index (κ1) is 20.7. The van der Waals surface area contributed by atoms with E-state index < -0.39 is 0 Å². The molecule has 2 heterocycles. The van der Waals surface area contributed by atoms with Crippen LogP contribution in [0.2, 0.25) is 0 Å². The summed E-state index contributed by atoms with van der Waals surface area (Å²) >= 11 is 1.60. The number of quaternary nitrogens is 1. The topological polar surface area (TPSA) is 80.8 Å². The highest BCUT2D eigenvalue weighted by atomic mass is 32.1. The van der Waals surface area contributed by atoms with Gasteiger partial charge in [-0.05, 0) is 55.5 Å². The van der Waals surface area contributed by atoms with E-state index in [1.165, 1.54) is 28.2 Å². The summed E-state index contributed by atoms with van der Waals surface area (Å²) in [6, 6.07) is 9.67. The van der Waals surface area contributed by atoms with Gasteiger partial charge in [-0.2, -0.15) is 5.26 Å². The smallest absolute Gasteiger partial charge is 0.230 e. The van der Waals surface area contributed by atoms with E-state index in [-0.39, 0.29) is 11.7 Å². The Hall–Kier alpha value is -2.56. The number of benzene rings is 1. The summed E-state index contributed by atoms with van der Waals surface area (Å²) in [4.78, 5) is 17.6. The fourth-order valence-corrected chi connectivity index (χ4v) is 5.68. The van der Waals surface area contributed by atoms with E-state index in [0.717, 1.165) is 62.7 Å². The Balaban J connectivity index is 1.27. The number of nitriles is 1. The lowest BCUT2D eigenvalue weighted by Crippen LogP contribution is -3.15. The average molecular weight is 426 g/mol. The van der Waals surface area contributed by atoms with Crippen molar-refractivity contribution in [3.8, 4) is 11.8 Å². The number of carbonyl (C=O) groups excluding carboxylic acids is 1. The molecule has 7 heteroatoms. The number of piperazine rings is 1. The van der Waals surface area contributed by atoms with Gasteiger partial charge in [-0.25, -0.2) is 0 Å². The van der Waals surface area contributed by atoms with Crippen molar-refractivity contribution in [2.45, 2.75) is 38.5 Å². The van der Waals surface area contributed by atoms with Gasteiger partial charge in [0.25, 0.3) is 0 Å². The van der Waals surface area contributed by atoms with Gasteiger partial charge in [-0.1, -0.05) is 6.42 Å². The molecule has 0 radical (unpaired) electrons. The van der Waals surface area contributed by atoms with E-state index >= 15 is 0 Å². The Kier molecular flexibility index (Phi) is 6.56. The second kappa shape index (κ2) is 9.50. The molecule has 0 spiro atoms. The van der Waals surface area contributed by atoms with Gasteiger partial charge in [0.2, 0.25) is 5.91 Å². The van der Waals surface area contributed by atoms with Crippen molar-refractivity contribution in [2.75, 3.05) is 42.9 Å². The van der Waals surface area contributed by atoms with Crippen molar-refractivity contribution >= 4 is 27.9 Å². The average Bonchev–Trinajstić information content (AvgIpc) is 2.92. The number of fused-ring (bicyclic) bond motifs is 1. The Morgan fingerprint density at radius 3 is 2.63 bits per heavy atom. The van der Waals surface area contributed by atoms with Crippen LogP contribution in [0.3, 0.4) is 0 Å². The fraction of sp³-hybridized carbons (Fsp3) is 0.478. The Morgan fingerprint density at radius 2 is 1.90 bits per heavy atom. The minimum Gasteiger partial charge on any atom is -0.508 e. The number of phenolic OH excluding ortho intramolecular Hbond substituents is 1. The number of aromatic hydroxyl groups is 1. The quantitative estimate of drug-likeness (QED) is 0.643. The Morgan fingerprint density at radius 1 is 1.17 bits per heavy atom. The number of hydrogen-bond donors (Lipinski definition) is 3. The molecule has 30 heavy (non-hydrogen) atoms. The first-order valence-electron chi connectivity index (χ1n) is 10.9. The summed E-state index contributed by atoms with van der Waals surface area (Å²) in [7, 11) is 0. The van der Waals surface area contributed by atoms with Crippen molar-refractivity contribution in [2.24, 2.45) is 0 Å². The molecule has 2 aromatic rings. The summed E-state index contributed by atoms with van der Waals surface area (Å²) in [5, 5.41) is 22.8. The van der Waals surface area contributed by atoms with Crippen LogP contribution in [0.1, 0.15) is 41.7 Å². The highest BCUT2D eigenvalue weighted by Crippen LogP contribution is 2.37. The van der Waals surface area contributed by atoms with Gasteiger partial charge in [0.15, 0.2) is 0 Å². The van der Waals surface area contributed by atoms with E-state index in [1.54, 1.807) is 23.5 Å². The molecule has 6 nitrogen and oxygen atoms in total. The minimum atomic E-state index is 0.0105. The number of thiophene rings is 1. The molecule has 1 aromatic heterocycles. The number of nitrogens with one attached hydrogen (secondary N) is 2. The van der Waals surface area contributed by atoms with Crippen LogP contribution in [0.4, 0.5) is 10.7 Å². The molecular formula is C23H29N4O2S+. The summed E-state index contributed by atoms with van der Waals surface area (Å²) < 4.78 is 0. The lowest BCUT2D eigenvalue weighted by atomic mass is 10.1. The number of aryl methyl sites for hydroxylation is 1. The van der Waals surface area contributed by atoms with E-state index in [0.29, 0.717) is 12.0 Å². The zero-order valence-electron chi connectivity index (χ0n) is 17.2. The molecule has 1 aliphatic carbocycles. The molecule has 0 atom stereocenters. The molecular weight excluding hydrogens is 396 g/mol. The molecule has 1 aliphatic heterocycles. The molecule has 0 bridgehead atoms. The molecule has 3 N–H and O–H groups in total. The van der Waals surface area contributed by atoms with Crippen molar-refractivity contribution in [3.63, 3.8) is 0 Å². The SMILES string of the molecule is N#Cc1c(NC(=O)CC[NH+]2CCN(c3ccc(O)cc3)CC2)sc2c1CCCCC2. The van der Waals surface area contributed by atoms with Crippen LogP contribution in [0.25, 0.3) is 0 Å². The third kappa shape index (κ3) is 4.77. The predicted octanol–water partition coefficient (Wildman–Crippen LogP) is 2.33. The van der Waals surface area contributed by atoms with Gasteiger partial charge < -0.3 is 20.2 Å². The zero-order chi connectivity index (χ0) is 20.9. The molecule has 158 valence electrons. The van der Waals surface area contributed by atoms with Gasteiger partial charge in [-0.3, -0.25) is 4.79 Å². The third-order valence-electron chi connectivity index (χ3n) is 6.18. The van der Waals surface area contributed by atoms with Gasteiger partial charge in [0, 0.05) is 10.6 Å². The molecule has 4 rings (SSSR count). The van der Waals surface area contributed by atoms with Gasteiger partial charge >= 0.3 is 0 Å². The van der Waals surface area contributed by atoms with Gasteiger partial charge in [0.05, 0.1) is 44.7 Å². The van der Waals surface area contributed by atoms with Gasteiger partial charge in [0.1, 0.15) is 16.8 Å². The van der Waals surface area contributed by atoms with Crippen LogP contribution < -0.4 is 15.1 Å². The lowest BCUT2D eigenvalue weighted by Gasteiger charge is -2.33. The molecule has 1 fully saturated rings. The molecule has 1 amide bonds. The normalized spacial score (nSPS) is 17.1. The van der Waals surface area contributed by atoms with E-state index in [4.69, 9.17) is 0 Å². The van der Waals surface area contributed by atoms with Crippen LogP contribution in [0, 0.1) is 11.3 Å². The van der Waals surface area contributed by atoms with Crippen LogP contribution in [0.15, 0.2) is 24.3 Å². The van der Waals surface area contributed by atoms with Crippen LogP contribution >= 0.6 is 11.3 Å². The summed E-state index contributed by atoms with van der Waals surface area (Å²) in [5.74, 6) is 0.298. The van der Waals surface area contributed by atoms with Crippen molar-refractivity contribution in [1.82, 2.24) is 0 Å². The molecule has 2 aliphatic rings. The molecule has 0 unspecified atom stereocenters. The fourth-order valence-electron chi connectivity index (χ4n) is 4.42. The van der Waals surface area contributed by atoms with E-state index in [9.17, 15) is 15.2 Å². The van der Waals surface area contributed by atoms with Gasteiger partial charge in [-0.15, -0.1) is 11.3 Å². The maximum atomic E-state index is 12.6. The Bertz CT molecular complexity index is 924. The Labute approximate surface area is 181 Å². The first-order valence-corrected chi connectivity index (χ1v) is 11.7. The predicted molar refractivity (Wildman–Crippen MR) is 119 cm³/mol. The standard InChI is InChI=1S/C23H28N4O2S/c24-16-20-19-4-2-1-3-5-21(19)30-23(20)25-22(29)10-11-26-12-14-27(15-13-26)17-6-8-18(28)9-7-17/h6-9,28H,1-5,10-15H2,(H,25,29)/p+1. The molecule has 1 saturated heterocycles. The molecule has 1 aromatic carbocycles. The van der Waals surface area contributed by atoms with E-state index in [2.05, 4.69) is 16.3 Å². The summed E-state index contributed by atoms with van der Waals surface area (Å²) in [6.07, 6.45) is 5.98. The summed E-state index contributed by atoms with van der Waals surface area (Å²) in [6.45, 7) is 4.67. The first-order chi connectivity index (χ1) is 14.6. The highest BCUT2D eigenvalue weighted by molar-refractivity contribution is 7.16. The van der Waals surface area contributed by atoms with E-state index in [1.807, 2.05) is 12.1 Å². The maximum Gasteiger partial charge on any atom is 0.230 e. The second-order valence-corrected chi connectivity index (χ2v) is 9.29.